The van der Waals surface area contributed by atoms with Crippen LogP contribution in [0.5, 0.6) is 5.75 Å². The fraction of sp³-hybridized carbons (Fsp3) is 0.122. The maximum absolute atomic E-state index is 14.0. The Labute approximate surface area is 320 Å². The maximum Gasteiger partial charge on any atom is 0.289 e. The molecule has 0 bridgehead atoms. The van der Waals surface area contributed by atoms with Crippen molar-refractivity contribution >= 4 is 60.9 Å². The van der Waals surface area contributed by atoms with Crippen molar-refractivity contribution in [2.24, 2.45) is 0 Å². The Morgan fingerprint density at radius 3 is 2.35 bits per heavy atom. The highest BCUT2D eigenvalue weighted by Gasteiger charge is 2.30. The highest BCUT2D eigenvalue weighted by molar-refractivity contribution is 7.90. The minimum Gasteiger partial charge on any atom is -0.497 e. The highest BCUT2D eigenvalue weighted by Crippen LogP contribution is 2.34. The number of nitrogens with zero attached hydrogens (tertiary/aromatic N) is 2. The number of halogens is 1. The molecule has 0 unspecified atom stereocenters. The summed E-state index contributed by atoms with van der Waals surface area (Å²) in [5.74, 6) is -0.977. The quantitative estimate of drug-likeness (QED) is 0.0858. The van der Waals surface area contributed by atoms with Crippen LogP contribution in [0.4, 0.5) is 5.69 Å². The number of methoxy groups -OCH3 is 1. The molecule has 0 radical (unpaired) electrons. The van der Waals surface area contributed by atoms with Gasteiger partial charge in [0.15, 0.2) is 0 Å². The summed E-state index contributed by atoms with van der Waals surface area (Å²) < 4.78 is 36.4. The fourth-order valence-corrected chi connectivity index (χ4v) is 8.00. The number of nitrogens with one attached hydrogen (secondary N) is 3. The summed E-state index contributed by atoms with van der Waals surface area (Å²) in [6.07, 6.45) is 1.47. The van der Waals surface area contributed by atoms with Crippen molar-refractivity contribution in [1.82, 2.24) is 19.6 Å². The van der Waals surface area contributed by atoms with Crippen molar-refractivity contribution in [1.29, 1.82) is 0 Å². The van der Waals surface area contributed by atoms with E-state index in [0.29, 0.717) is 16.9 Å². The average molecular weight is 776 g/mol. The van der Waals surface area contributed by atoms with Crippen LogP contribution in [0.3, 0.4) is 0 Å². The molecule has 7 rings (SSSR count). The summed E-state index contributed by atoms with van der Waals surface area (Å²) in [6.45, 7) is 1.91. The summed E-state index contributed by atoms with van der Waals surface area (Å²) in [7, 11) is -3.06. The molecule has 12 nitrogen and oxygen atoms in total. The second-order valence-electron chi connectivity index (χ2n) is 12.9. The Hall–Kier alpha value is -6.44. The molecule has 14 heteroatoms. The van der Waals surface area contributed by atoms with E-state index in [1.807, 2.05) is 109 Å². The van der Waals surface area contributed by atoms with Gasteiger partial charge in [-0.3, -0.25) is 19.7 Å². The molecule has 1 atom stereocenters. The van der Waals surface area contributed by atoms with E-state index in [9.17, 15) is 28.1 Å². The van der Waals surface area contributed by atoms with Crippen LogP contribution < -0.4 is 14.8 Å². The molecular formula is C41H34ClN5O7S. The lowest BCUT2D eigenvalue weighted by Crippen LogP contribution is -2.49. The van der Waals surface area contributed by atoms with Crippen LogP contribution in [0.2, 0.25) is 5.02 Å². The van der Waals surface area contributed by atoms with Gasteiger partial charge in [-0.1, -0.05) is 72.3 Å². The van der Waals surface area contributed by atoms with Crippen LogP contribution in [-0.2, 0) is 32.5 Å². The number of aromatic nitrogens is 2. The number of hydrogen-bond donors (Lipinski definition) is 3. The number of ether oxygens (including phenoxy) is 1. The Morgan fingerprint density at radius 2 is 1.62 bits per heavy atom. The third kappa shape index (κ3) is 7.52. The van der Waals surface area contributed by atoms with Crippen LogP contribution in [0.25, 0.3) is 38.6 Å². The summed E-state index contributed by atoms with van der Waals surface area (Å²) in [5, 5.41) is 15.5. The lowest BCUT2D eigenvalue weighted by molar-refractivity contribution is -0.384. The number of carbonyl (C=O) groups excluding carboxylic acids is 2. The standard InChI is InChI=1S/C41H34ClN5O7S/c1-25-33(34-21-30(54-2)16-19-38(34)46(25)29-14-12-27(13-15-29)26-8-4-3-5-9-26)23-40(48)44-37(20-28-24-43-36-11-7-6-10-32(28)36)41(49)45-55(52,53)31-17-18-35(42)39(22-31)47(50)51/h3-19,21-22,24,37,43H,20,23H2,1-2H3,(H,44,48)(H,45,49)/t37-/m0/s1. The zero-order valence-electron chi connectivity index (χ0n) is 29.6. The largest absolute Gasteiger partial charge is 0.497 e. The minimum absolute atomic E-state index is 0.0692. The Balaban J connectivity index is 1.21. The SMILES string of the molecule is COc1ccc2c(c1)c(CC(=O)N[C@@H](Cc1c[nH]c3ccccc13)C(=O)NS(=O)(=O)c1ccc(Cl)c([N+](=O)[O-])c1)c(C)n2-c1ccc(-c2ccccc2)cc1. The number of H-pyrrole nitrogens is 1. The second-order valence-corrected chi connectivity index (χ2v) is 15.0. The smallest absolute Gasteiger partial charge is 0.289 e. The van der Waals surface area contributed by atoms with E-state index in [0.717, 1.165) is 62.5 Å². The van der Waals surface area contributed by atoms with E-state index in [1.54, 1.807) is 13.3 Å². The number of nitro benzene ring substituents is 1. The molecule has 0 spiro atoms. The van der Waals surface area contributed by atoms with Crippen LogP contribution in [0, 0.1) is 17.0 Å². The summed E-state index contributed by atoms with van der Waals surface area (Å²) in [5.41, 5.74) is 6.13. The van der Waals surface area contributed by atoms with Crippen molar-refractivity contribution < 1.29 is 27.7 Å². The maximum atomic E-state index is 14.0. The fourth-order valence-electron chi connectivity index (χ4n) is 6.78. The molecule has 5 aromatic carbocycles. The molecular weight excluding hydrogens is 742 g/mol. The van der Waals surface area contributed by atoms with E-state index in [1.165, 1.54) is 0 Å². The molecule has 55 heavy (non-hydrogen) atoms. The van der Waals surface area contributed by atoms with E-state index >= 15 is 0 Å². The first kappa shape index (κ1) is 36.9. The summed E-state index contributed by atoms with van der Waals surface area (Å²) >= 11 is 5.90. The van der Waals surface area contributed by atoms with Crippen molar-refractivity contribution in [3.05, 3.63) is 153 Å². The molecule has 0 fully saturated rings. The molecule has 278 valence electrons. The van der Waals surface area contributed by atoms with Crippen LogP contribution in [-0.4, -0.2) is 47.9 Å². The number of fused-ring (bicyclic) bond motifs is 2. The Kier molecular flexibility index (Phi) is 10.1. The summed E-state index contributed by atoms with van der Waals surface area (Å²) in [4.78, 5) is 41.1. The van der Waals surface area contributed by atoms with E-state index in [4.69, 9.17) is 16.3 Å². The predicted octanol–water partition coefficient (Wildman–Crippen LogP) is 7.43. The molecule has 2 heterocycles. The van der Waals surface area contributed by atoms with Gasteiger partial charge < -0.3 is 19.6 Å². The number of carbonyl (C=O) groups is 2. The zero-order valence-corrected chi connectivity index (χ0v) is 31.1. The van der Waals surface area contributed by atoms with E-state index in [-0.39, 0.29) is 17.9 Å². The number of aromatic amines is 1. The number of hydrogen-bond acceptors (Lipinski definition) is 7. The van der Waals surface area contributed by atoms with Gasteiger partial charge in [0.1, 0.15) is 16.8 Å². The molecule has 7 aromatic rings. The summed E-state index contributed by atoms with van der Waals surface area (Å²) in [6, 6.07) is 32.6. The highest BCUT2D eigenvalue weighted by atomic mass is 35.5. The molecule has 0 aliphatic rings. The van der Waals surface area contributed by atoms with Gasteiger partial charge in [0.25, 0.3) is 21.6 Å². The van der Waals surface area contributed by atoms with E-state index < -0.39 is 43.4 Å². The molecule has 0 saturated heterocycles. The van der Waals surface area contributed by atoms with Gasteiger partial charge in [0.2, 0.25) is 5.91 Å². The van der Waals surface area contributed by atoms with Crippen molar-refractivity contribution in [2.75, 3.05) is 7.11 Å². The topological polar surface area (TPSA) is 165 Å². The molecule has 0 aliphatic heterocycles. The predicted molar refractivity (Wildman–Crippen MR) is 211 cm³/mol. The number of nitro groups is 1. The number of sulfonamides is 1. The van der Waals surface area contributed by atoms with E-state index in [2.05, 4.69) is 14.9 Å². The Morgan fingerprint density at radius 1 is 0.909 bits per heavy atom. The molecule has 2 aromatic heterocycles. The number of amides is 2. The second kappa shape index (κ2) is 15.1. The normalized spacial score (nSPS) is 12.1. The average Bonchev–Trinajstić information content (AvgIpc) is 3.71. The first-order chi connectivity index (χ1) is 26.4. The van der Waals surface area contributed by atoms with Gasteiger partial charge in [0.05, 0.1) is 28.9 Å². The van der Waals surface area contributed by atoms with Gasteiger partial charge in [-0.15, -0.1) is 0 Å². The first-order valence-corrected chi connectivity index (χ1v) is 19.0. The molecule has 0 aliphatic carbocycles. The van der Waals surface area contributed by atoms with Crippen molar-refractivity contribution in [3.63, 3.8) is 0 Å². The van der Waals surface area contributed by atoms with Gasteiger partial charge >= 0.3 is 0 Å². The lowest BCUT2D eigenvalue weighted by Gasteiger charge is -2.19. The van der Waals surface area contributed by atoms with Gasteiger partial charge in [-0.2, -0.15) is 0 Å². The lowest BCUT2D eigenvalue weighted by atomic mass is 10.0. The monoisotopic (exact) mass is 775 g/mol. The van der Waals surface area contributed by atoms with Crippen molar-refractivity contribution in [3.8, 4) is 22.6 Å². The minimum atomic E-state index is -4.62. The number of rotatable bonds is 12. The van der Waals surface area contributed by atoms with Crippen LogP contribution >= 0.6 is 11.6 Å². The molecule has 2 amide bonds. The van der Waals surface area contributed by atoms with Gasteiger partial charge in [-0.25, -0.2) is 13.1 Å². The number of para-hydroxylation sites is 1. The van der Waals surface area contributed by atoms with Gasteiger partial charge in [-0.05, 0) is 77.7 Å². The zero-order chi connectivity index (χ0) is 38.9. The molecule has 0 saturated carbocycles. The van der Waals surface area contributed by atoms with Crippen LogP contribution in [0.15, 0.2) is 126 Å². The van der Waals surface area contributed by atoms with Crippen molar-refractivity contribution in [2.45, 2.75) is 30.7 Å². The van der Waals surface area contributed by atoms with Gasteiger partial charge in [0, 0.05) is 46.4 Å². The molecule has 3 N–H and O–H groups in total. The third-order valence-corrected chi connectivity index (χ3v) is 11.2. The van der Waals surface area contributed by atoms with Crippen LogP contribution in [0.1, 0.15) is 16.8 Å². The number of benzene rings is 5. The third-order valence-electron chi connectivity index (χ3n) is 9.52. The Bertz CT molecular complexity index is 2710. The first-order valence-electron chi connectivity index (χ1n) is 17.1.